The second-order valence-corrected chi connectivity index (χ2v) is 6.97. The summed E-state index contributed by atoms with van der Waals surface area (Å²) in [5.41, 5.74) is -0.310. The maximum Gasteiger partial charge on any atom is 0.292 e. The van der Waals surface area contributed by atoms with Crippen LogP contribution in [0.5, 0.6) is 0 Å². The second kappa shape index (κ2) is 6.93. The van der Waals surface area contributed by atoms with Crippen LogP contribution < -0.4 is 10.5 Å². The largest absolute Gasteiger partial charge is 0.371 e. The zero-order valence-electron chi connectivity index (χ0n) is 14.9. The van der Waals surface area contributed by atoms with Crippen molar-refractivity contribution in [1.29, 1.82) is 0 Å². The van der Waals surface area contributed by atoms with E-state index in [0.717, 1.165) is 42.3 Å². The number of hydrogen-bond donors (Lipinski definition) is 0. The highest BCUT2D eigenvalue weighted by Crippen LogP contribution is 2.28. The van der Waals surface area contributed by atoms with Crippen LogP contribution in [0.4, 0.5) is 5.82 Å². The molecule has 4 heterocycles. The van der Waals surface area contributed by atoms with E-state index in [2.05, 4.69) is 9.88 Å². The molecule has 26 heavy (non-hydrogen) atoms. The van der Waals surface area contributed by atoms with Crippen LogP contribution in [0.3, 0.4) is 0 Å². The highest BCUT2D eigenvalue weighted by Gasteiger charge is 2.28. The Hall–Kier alpha value is -2.64. The average molecular weight is 357 g/mol. The van der Waals surface area contributed by atoms with Crippen LogP contribution >= 0.6 is 0 Å². The molecular formula is C18H23N5O3. The first kappa shape index (κ1) is 16.8. The van der Waals surface area contributed by atoms with Gasteiger partial charge in [-0.3, -0.25) is 9.59 Å². The van der Waals surface area contributed by atoms with Crippen LogP contribution in [-0.2, 0) is 7.05 Å². The van der Waals surface area contributed by atoms with Crippen molar-refractivity contribution < 1.29 is 9.32 Å². The maximum atomic E-state index is 12.5. The van der Waals surface area contributed by atoms with Crippen LogP contribution in [0.25, 0.3) is 0 Å². The van der Waals surface area contributed by atoms with Crippen molar-refractivity contribution in [1.82, 2.24) is 19.6 Å². The van der Waals surface area contributed by atoms with E-state index in [-0.39, 0.29) is 23.1 Å². The van der Waals surface area contributed by atoms with Gasteiger partial charge in [-0.05, 0) is 31.7 Å². The molecule has 2 aliphatic heterocycles. The summed E-state index contributed by atoms with van der Waals surface area (Å²) in [6.07, 6.45) is 5.90. The normalized spacial score (nSPS) is 18.5. The van der Waals surface area contributed by atoms with E-state index in [4.69, 9.17) is 9.51 Å². The molecule has 0 bridgehead atoms. The lowest BCUT2D eigenvalue weighted by Crippen LogP contribution is -2.38. The summed E-state index contributed by atoms with van der Waals surface area (Å²) in [5.74, 6) is 2.00. The van der Waals surface area contributed by atoms with Gasteiger partial charge in [-0.15, -0.1) is 0 Å². The van der Waals surface area contributed by atoms with Crippen molar-refractivity contribution in [2.24, 2.45) is 7.05 Å². The van der Waals surface area contributed by atoms with Crippen LogP contribution in [0.2, 0.25) is 0 Å². The summed E-state index contributed by atoms with van der Waals surface area (Å²) in [6, 6.07) is 3.22. The van der Waals surface area contributed by atoms with Crippen LogP contribution in [-0.4, -0.2) is 51.7 Å². The Morgan fingerprint density at radius 2 is 1.92 bits per heavy atom. The molecule has 0 radical (unpaired) electrons. The minimum atomic E-state index is -0.310. The van der Waals surface area contributed by atoms with E-state index < -0.39 is 0 Å². The molecule has 0 atom stereocenters. The maximum absolute atomic E-state index is 12.5. The number of amides is 1. The molecule has 1 amide bonds. The topological polar surface area (TPSA) is 84.5 Å². The summed E-state index contributed by atoms with van der Waals surface area (Å²) in [5, 5.41) is 0. The Labute approximate surface area is 151 Å². The van der Waals surface area contributed by atoms with Crippen molar-refractivity contribution in [3.63, 3.8) is 0 Å². The summed E-state index contributed by atoms with van der Waals surface area (Å²) in [7, 11) is 1.50. The molecule has 2 saturated heterocycles. The summed E-state index contributed by atoms with van der Waals surface area (Å²) < 4.78 is 6.26. The van der Waals surface area contributed by atoms with Gasteiger partial charge in [0.05, 0.1) is 6.07 Å². The zero-order valence-corrected chi connectivity index (χ0v) is 14.9. The summed E-state index contributed by atoms with van der Waals surface area (Å²) >= 11 is 0. The van der Waals surface area contributed by atoms with Gasteiger partial charge in [-0.2, -0.15) is 4.74 Å². The smallest absolute Gasteiger partial charge is 0.292 e. The quantitative estimate of drug-likeness (QED) is 0.825. The fourth-order valence-electron chi connectivity index (χ4n) is 3.70. The van der Waals surface area contributed by atoms with E-state index in [1.165, 1.54) is 26.0 Å². The second-order valence-electron chi connectivity index (χ2n) is 6.97. The number of likely N-dealkylation sites (tertiary alicyclic amines) is 1. The molecule has 0 aromatic carbocycles. The van der Waals surface area contributed by atoms with Gasteiger partial charge in [0.1, 0.15) is 11.6 Å². The van der Waals surface area contributed by atoms with Gasteiger partial charge in [-0.1, -0.05) is 0 Å². The number of nitrogens with zero attached hydrogens (tertiary/aromatic N) is 5. The lowest BCUT2D eigenvalue weighted by atomic mass is 9.95. The van der Waals surface area contributed by atoms with Crippen molar-refractivity contribution in [2.75, 3.05) is 31.1 Å². The van der Waals surface area contributed by atoms with Gasteiger partial charge in [0.15, 0.2) is 0 Å². The molecule has 8 nitrogen and oxygen atoms in total. The average Bonchev–Trinajstić information content (AvgIpc) is 3.32. The molecule has 0 unspecified atom stereocenters. The van der Waals surface area contributed by atoms with Crippen LogP contribution in [0.1, 0.15) is 48.0 Å². The third-order valence-electron chi connectivity index (χ3n) is 5.25. The number of hydrogen-bond acceptors (Lipinski definition) is 6. The number of piperidine rings is 1. The molecule has 2 fully saturated rings. The van der Waals surface area contributed by atoms with Gasteiger partial charge in [0.2, 0.25) is 5.76 Å². The number of aryl methyl sites for hydroxylation is 1. The number of rotatable bonds is 3. The first-order chi connectivity index (χ1) is 12.6. The predicted octanol–water partition coefficient (Wildman–Crippen LogP) is 1.39. The summed E-state index contributed by atoms with van der Waals surface area (Å²) in [4.78, 5) is 37.2. The number of aromatic nitrogens is 3. The molecule has 0 N–H and O–H groups in total. The van der Waals surface area contributed by atoms with Gasteiger partial charge in [-0.25, -0.2) is 9.97 Å². The molecule has 2 aromatic rings. The highest BCUT2D eigenvalue weighted by molar-refractivity contribution is 5.91. The van der Waals surface area contributed by atoms with Crippen molar-refractivity contribution in [3.05, 3.63) is 40.3 Å². The molecule has 138 valence electrons. The monoisotopic (exact) mass is 357 g/mol. The minimum absolute atomic E-state index is 0.100. The first-order valence-electron chi connectivity index (χ1n) is 9.16. The van der Waals surface area contributed by atoms with E-state index in [1.807, 2.05) is 12.3 Å². The predicted molar refractivity (Wildman–Crippen MR) is 95.3 cm³/mol. The van der Waals surface area contributed by atoms with Crippen LogP contribution in [0, 0.1) is 0 Å². The third-order valence-corrected chi connectivity index (χ3v) is 5.25. The van der Waals surface area contributed by atoms with E-state index in [1.54, 1.807) is 4.90 Å². The number of carbonyl (C=O) groups is 1. The zero-order chi connectivity index (χ0) is 18.1. The molecule has 2 aromatic heterocycles. The third kappa shape index (κ3) is 3.23. The van der Waals surface area contributed by atoms with E-state index in [0.29, 0.717) is 13.1 Å². The van der Waals surface area contributed by atoms with Crippen molar-refractivity contribution in [2.45, 2.75) is 31.6 Å². The molecule has 4 rings (SSSR count). The molecule has 8 heteroatoms. The lowest BCUT2D eigenvalue weighted by Gasteiger charge is -2.30. The Balaban J connectivity index is 1.41. The first-order valence-corrected chi connectivity index (χ1v) is 9.16. The minimum Gasteiger partial charge on any atom is -0.371 e. The van der Waals surface area contributed by atoms with E-state index >= 15 is 0 Å². The van der Waals surface area contributed by atoms with Gasteiger partial charge in [0.25, 0.3) is 11.5 Å². The molecule has 2 aliphatic rings. The number of carbonyl (C=O) groups excluding carboxylic acids is 1. The molecule has 0 spiro atoms. The van der Waals surface area contributed by atoms with Gasteiger partial charge in [0, 0.05) is 45.3 Å². The standard InChI is InChI=1S/C18H23N5O3/c1-21-16(24)12-14(26-21)18(25)23-10-5-13(6-11-23)17-19-7-4-15(20-17)22-8-2-3-9-22/h4,7,12-13H,2-3,5-6,8-11H2,1H3. The fraction of sp³-hybridized carbons (Fsp3) is 0.556. The van der Waals surface area contributed by atoms with Crippen LogP contribution in [0.15, 0.2) is 27.6 Å². The van der Waals surface area contributed by atoms with Gasteiger partial charge < -0.3 is 14.3 Å². The van der Waals surface area contributed by atoms with Crippen molar-refractivity contribution in [3.8, 4) is 0 Å². The molecule has 0 aliphatic carbocycles. The fourth-order valence-corrected chi connectivity index (χ4v) is 3.70. The number of anilines is 1. The molecular weight excluding hydrogens is 334 g/mol. The molecule has 0 saturated carbocycles. The Morgan fingerprint density at radius 3 is 2.58 bits per heavy atom. The Bertz CT molecular complexity index is 845. The van der Waals surface area contributed by atoms with Gasteiger partial charge >= 0.3 is 0 Å². The van der Waals surface area contributed by atoms with Crippen molar-refractivity contribution >= 4 is 11.7 Å². The Kier molecular flexibility index (Phi) is 4.48. The Morgan fingerprint density at radius 1 is 1.19 bits per heavy atom. The highest BCUT2D eigenvalue weighted by atomic mass is 16.5. The van der Waals surface area contributed by atoms with E-state index in [9.17, 15) is 9.59 Å². The summed E-state index contributed by atoms with van der Waals surface area (Å²) in [6.45, 7) is 3.34. The lowest BCUT2D eigenvalue weighted by molar-refractivity contribution is 0.0656. The SMILES string of the molecule is Cn1oc(C(=O)N2CCC(c3nccc(N4CCCC4)n3)CC2)cc1=O.